The Kier molecular flexibility index (Phi) is 1.97. The van der Waals surface area contributed by atoms with Crippen LogP contribution in [0.3, 0.4) is 0 Å². The standard InChI is InChI=1S/C10H8ClNO2/c1-5(13)9-3-6-2-8(12)7(11)4-10(6)14-9/h2-4H,12H2,1H3. The van der Waals surface area contributed by atoms with E-state index in [2.05, 4.69) is 0 Å². The number of furan rings is 1. The van der Waals surface area contributed by atoms with Crippen molar-refractivity contribution in [2.75, 3.05) is 5.73 Å². The second-order valence-corrected chi connectivity index (χ2v) is 3.49. The highest BCUT2D eigenvalue weighted by Crippen LogP contribution is 2.28. The third kappa shape index (κ3) is 1.36. The summed E-state index contributed by atoms with van der Waals surface area (Å²) in [6.45, 7) is 1.45. The number of carbonyl (C=O) groups excluding carboxylic acids is 1. The molecule has 2 aromatic rings. The van der Waals surface area contributed by atoms with E-state index in [-0.39, 0.29) is 5.78 Å². The van der Waals surface area contributed by atoms with Gasteiger partial charge in [0.1, 0.15) is 5.58 Å². The van der Waals surface area contributed by atoms with Crippen LogP contribution in [0.5, 0.6) is 0 Å². The summed E-state index contributed by atoms with van der Waals surface area (Å²) in [5, 5.41) is 1.22. The number of nitrogen functional groups attached to an aromatic ring is 1. The predicted octanol–water partition coefficient (Wildman–Crippen LogP) is 2.87. The Balaban J connectivity index is 2.72. The molecule has 0 aliphatic rings. The van der Waals surface area contributed by atoms with Gasteiger partial charge in [0, 0.05) is 18.4 Å². The average Bonchev–Trinajstić information content (AvgIpc) is 2.48. The number of anilines is 1. The summed E-state index contributed by atoms with van der Waals surface area (Å²) in [6.07, 6.45) is 0. The number of hydrogen-bond acceptors (Lipinski definition) is 3. The summed E-state index contributed by atoms with van der Waals surface area (Å²) in [5.74, 6) is 0.206. The molecule has 1 aromatic heterocycles. The van der Waals surface area contributed by atoms with Gasteiger partial charge in [-0.2, -0.15) is 0 Å². The van der Waals surface area contributed by atoms with Gasteiger partial charge in [0.15, 0.2) is 11.5 Å². The van der Waals surface area contributed by atoms with Crippen LogP contribution in [0.2, 0.25) is 5.02 Å². The maximum absolute atomic E-state index is 11.0. The summed E-state index contributed by atoms with van der Waals surface area (Å²) in [6, 6.07) is 4.95. The van der Waals surface area contributed by atoms with E-state index in [1.807, 2.05) is 0 Å². The van der Waals surface area contributed by atoms with Crippen molar-refractivity contribution in [2.24, 2.45) is 0 Å². The van der Waals surface area contributed by atoms with Crippen LogP contribution in [0.25, 0.3) is 11.0 Å². The molecule has 0 saturated heterocycles. The predicted molar refractivity (Wildman–Crippen MR) is 55.6 cm³/mol. The topological polar surface area (TPSA) is 56.2 Å². The van der Waals surface area contributed by atoms with Crippen molar-refractivity contribution in [3.63, 3.8) is 0 Å². The molecule has 0 aliphatic heterocycles. The van der Waals surface area contributed by atoms with Gasteiger partial charge >= 0.3 is 0 Å². The maximum atomic E-state index is 11.0. The third-order valence-electron chi connectivity index (χ3n) is 1.98. The molecule has 2 rings (SSSR count). The lowest BCUT2D eigenvalue weighted by Gasteiger charge is -1.95. The number of benzene rings is 1. The first-order chi connectivity index (χ1) is 6.58. The Morgan fingerprint density at radius 3 is 2.79 bits per heavy atom. The summed E-state index contributed by atoms with van der Waals surface area (Å²) in [4.78, 5) is 11.0. The molecule has 3 nitrogen and oxygen atoms in total. The van der Waals surface area contributed by atoms with Crippen LogP contribution < -0.4 is 5.73 Å². The molecular weight excluding hydrogens is 202 g/mol. The van der Waals surface area contributed by atoms with Gasteiger partial charge in [0.05, 0.1) is 10.7 Å². The molecule has 4 heteroatoms. The van der Waals surface area contributed by atoms with Gasteiger partial charge in [-0.25, -0.2) is 0 Å². The number of nitrogens with two attached hydrogens (primary N) is 1. The minimum atomic E-state index is -0.115. The quantitative estimate of drug-likeness (QED) is 0.580. The molecule has 0 atom stereocenters. The Bertz CT molecular complexity index is 477. The molecule has 2 N–H and O–H groups in total. The second-order valence-electron chi connectivity index (χ2n) is 3.08. The van der Waals surface area contributed by atoms with Crippen molar-refractivity contribution < 1.29 is 9.21 Å². The van der Waals surface area contributed by atoms with Crippen LogP contribution in [0.1, 0.15) is 17.5 Å². The molecule has 14 heavy (non-hydrogen) atoms. The minimum Gasteiger partial charge on any atom is -0.453 e. The van der Waals surface area contributed by atoms with Gasteiger partial charge in [0.25, 0.3) is 0 Å². The molecule has 0 saturated carbocycles. The number of fused-ring (bicyclic) bond motifs is 1. The molecule has 0 unspecified atom stereocenters. The zero-order valence-corrected chi connectivity index (χ0v) is 8.26. The number of halogens is 1. The number of carbonyl (C=O) groups is 1. The highest BCUT2D eigenvalue weighted by Gasteiger charge is 2.09. The average molecular weight is 210 g/mol. The van der Waals surface area contributed by atoms with Crippen molar-refractivity contribution in [3.05, 3.63) is 29.0 Å². The van der Waals surface area contributed by atoms with E-state index in [4.69, 9.17) is 21.8 Å². The van der Waals surface area contributed by atoms with E-state index >= 15 is 0 Å². The summed E-state index contributed by atoms with van der Waals surface area (Å²) in [5.41, 5.74) is 6.67. The van der Waals surface area contributed by atoms with E-state index in [1.165, 1.54) is 6.92 Å². The molecule has 0 aliphatic carbocycles. The van der Waals surface area contributed by atoms with Crippen LogP contribution in [-0.2, 0) is 0 Å². The first kappa shape index (κ1) is 9.09. The van der Waals surface area contributed by atoms with Crippen LogP contribution in [-0.4, -0.2) is 5.78 Å². The van der Waals surface area contributed by atoms with Crippen molar-refractivity contribution in [1.82, 2.24) is 0 Å². The smallest absolute Gasteiger partial charge is 0.194 e. The molecule has 72 valence electrons. The molecule has 0 amide bonds. The lowest BCUT2D eigenvalue weighted by molar-refractivity contribution is 0.0989. The summed E-state index contributed by atoms with van der Waals surface area (Å²) < 4.78 is 5.28. The number of Topliss-reactive ketones (excluding diaryl/α,β-unsaturated/α-hetero) is 1. The molecule has 0 spiro atoms. The lowest BCUT2D eigenvalue weighted by Crippen LogP contribution is -1.85. The zero-order valence-electron chi connectivity index (χ0n) is 7.50. The monoisotopic (exact) mass is 209 g/mol. The summed E-state index contributed by atoms with van der Waals surface area (Å²) >= 11 is 5.81. The van der Waals surface area contributed by atoms with Crippen LogP contribution in [0.15, 0.2) is 22.6 Å². The van der Waals surface area contributed by atoms with E-state index in [9.17, 15) is 4.79 Å². The fourth-order valence-electron chi connectivity index (χ4n) is 1.25. The Morgan fingerprint density at radius 1 is 1.43 bits per heavy atom. The fraction of sp³-hybridized carbons (Fsp3) is 0.100. The molecule has 0 fully saturated rings. The first-order valence-electron chi connectivity index (χ1n) is 4.07. The van der Waals surface area contributed by atoms with Crippen LogP contribution in [0, 0.1) is 0 Å². The van der Waals surface area contributed by atoms with Gasteiger partial charge in [-0.05, 0) is 12.1 Å². The third-order valence-corrected chi connectivity index (χ3v) is 2.31. The molecule has 0 bridgehead atoms. The van der Waals surface area contributed by atoms with E-state index < -0.39 is 0 Å². The Morgan fingerprint density at radius 2 is 2.14 bits per heavy atom. The Labute approximate surface area is 85.4 Å². The highest BCUT2D eigenvalue weighted by atomic mass is 35.5. The summed E-state index contributed by atoms with van der Waals surface area (Å²) in [7, 11) is 0. The van der Waals surface area contributed by atoms with Gasteiger partial charge in [-0.15, -0.1) is 0 Å². The lowest BCUT2D eigenvalue weighted by atomic mass is 10.2. The molecule has 1 heterocycles. The fourth-order valence-corrected chi connectivity index (χ4v) is 1.41. The van der Waals surface area contributed by atoms with E-state index in [0.29, 0.717) is 22.1 Å². The van der Waals surface area contributed by atoms with Crippen molar-refractivity contribution in [3.8, 4) is 0 Å². The largest absolute Gasteiger partial charge is 0.453 e. The van der Waals surface area contributed by atoms with Crippen LogP contribution >= 0.6 is 11.6 Å². The van der Waals surface area contributed by atoms with Gasteiger partial charge in [0.2, 0.25) is 0 Å². The number of hydrogen-bond donors (Lipinski definition) is 1. The normalized spacial score (nSPS) is 10.7. The Hall–Kier alpha value is -1.48. The van der Waals surface area contributed by atoms with Gasteiger partial charge in [-0.3, -0.25) is 4.79 Å². The molecule has 1 aromatic carbocycles. The van der Waals surface area contributed by atoms with Gasteiger partial charge in [-0.1, -0.05) is 11.6 Å². The van der Waals surface area contributed by atoms with E-state index in [1.54, 1.807) is 18.2 Å². The number of ketones is 1. The molecular formula is C10H8ClNO2. The minimum absolute atomic E-state index is 0.115. The highest BCUT2D eigenvalue weighted by molar-refractivity contribution is 6.33. The van der Waals surface area contributed by atoms with Crippen molar-refractivity contribution in [1.29, 1.82) is 0 Å². The number of rotatable bonds is 1. The molecule has 0 radical (unpaired) electrons. The van der Waals surface area contributed by atoms with E-state index in [0.717, 1.165) is 5.39 Å². The first-order valence-corrected chi connectivity index (χ1v) is 4.45. The van der Waals surface area contributed by atoms with Gasteiger partial charge < -0.3 is 10.2 Å². The zero-order chi connectivity index (χ0) is 10.3. The SMILES string of the molecule is CC(=O)c1cc2cc(N)c(Cl)cc2o1. The second kappa shape index (κ2) is 3.03. The van der Waals surface area contributed by atoms with Crippen molar-refractivity contribution >= 4 is 34.0 Å². The van der Waals surface area contributed by atoms with Crippen molar-refractivity contribution in [2.45, 2.75) is 6.92 Å². The van der Waals surface area contributed by atoms with Crippen LogP contribution in [0.4, 0.5) is 5.69 Å². The maximum Gasteiger partial charge on any atom is 0.194 e.